The third-order valence-corrected chi connectivity index (χ3v) is 5.20. The van der Waals surface area contributed by atoms with Gasteiger partial charge < -0.3 is 14.5 Å². The summed E-state index contributed by atoms with van der Waals surface area (Å²) in [6.07, 6.45) is 1.56. The lowest BCUT2D eigenvalue weighted by molar-refractivity contribution is -0.118. The summed E-state index contributed by atoms with van der Waals surface area (Å²) in [5, 5.41) is 2.79. The summed E-state index contributed by atoms with van der Waals surface area (Å²) in [6.45, 7) is 2.54. The van der Waals surface area contributed by atoms with E-state index in [4.69, 9.17) is 9.15 Å². The van der Waals surface area contributed by atoms with E-state index < -0.39 is 5.97 Å². The van der Waals surface area contributed by atoms with Crippen molar-refractivity contribution in [3.8, 4) is 0 Å². The van der Waals surface area contributed by atoms with Gasteiger partial charge in [0.15, 0.2) is 0 Å². The van der Waals surface area contributed by atoms with E-state index in [9.17, 15) is 9.59 Å². The molecule has 1 aromatic heterocycles. The summed E-state index contributed by atoms with van der Waals surface area (Å²) < 4.78 is 10.7. The van der Waals surface area contributed by atoms with Crippen LogP contribution in [0.3, 0.4) is 0 Å². The first-order valence-corrected chi connectivity index (χ1v) is 9.84. The highest BCUT2D eigenvalue weighted by molar-refractivity contribution is 8.00. The monoisotopic (exact) mass is 395 g/mol. The number of amides is 1. The molecule has 1 N–H and O–H groups in total. The van der Waals surface area contributed by atoms with Crippen LogP contribution in [0.5, 0.6) is 0 Å². The molecular weight excluding hydrogens is 374 g/mol. The number of esters is 1. The van der Waals surface area contributed by atoms with Crippen molar-refractivity contribution in [2.75, 3.05) is 5.75 Å². The number of hydrogen-bond acceptors (Lipinski definition) is 5. The van der Waals surface area contributed by atoms with E-state index in [1.54, 1.807) is 30.5 Å². The molecule has 144 valence electrons. The van der Waals surface area contributed by atoms with Gasteiger partial charge in [-0.05, 0) is 42.3 Å². The Bertz CT molecular complexity index is 937. The molecule has 0 aliphatic heterocycles. The molecule has 0 fully saturated rings. The Labute approximate surface area is 168 Å². The van der Waals surface area contributed by atoms with Crippen LogP contribution in [-0.4, -0.2) is 17.6 Å². The minimum absolute atomic E-state index is 0.135. The van der Waals surface area contributed by atoms with Crippen molar-refractivity contribution in [1.82, 2.24) is 5.32 Å². The molecule has 1 heterocycles. The van der Waals surface area contributed by atoms with Gasteiger partial charge in [0.05, 0.1) is 24.1 Å². The predicted octanol–water partition coefficient (Wildman–Crippen LogP) is 4.35. The van der Waals surface area contributed by atoms with Gasteiger partial charge in [0.25, 0.3) is 0 Å². The maximum Gasteiger partial charge on any atom is 0.339 e. The first-order valence-electron chi connectivity index (χ1n) is 8.86. The van der Waals surface area contributed by atoms with E-state index in [1.807, 2.05) is 43.3 Å². The van der Waals surface area contributed by atoms with Crippen LogP contribution in [0, 0.1) is 6.92 Å². The highest BCUT2D eigenvalue weighted by atomic mass is 32.2. The first kappa shape index (κ1) is 19.8. The summed E-state index contributed by atoms with van der Waals surface area (Å²) >= 11 is 1.30. The van der Waals surface area contributed by atoms with Gasteiger partial charge in [-0.3, -0.25) is 4.79 Å². The number of thioether (sulfide) groups is 1. The number of furan rings is 1. The molecule has 0 bridgehead atoms. The third kappa shape index (κ3) is 5.50. The van der Waals surface area contributed by atoms with Crippen LogP contribution >= 0.6 is 11.8 Å². The van der Waals surface area contributed by atoms with Gasteiger partial charge in [0.2, 0.25) is 5.91 Å². The third-order valence-electron chi connectivity index (χ3n) is 4.13. The average molecular weight is 395 g/mol. The van der Waals surface area contributed by atoms with E-state index in [0.717, 1.165) is 11.1 Å². The van der Waals surface area contributed by atoms with Gasteiger partial charge in [-0.15, -0.1) is 11.8 Å². The Hall–Kier alpha value is -2.99. The van der Waals surface area contributed by atoms with Crippen molar-refractivity contribution in [1.29, 1.82) is 0 Å². The van der Waals surface area contributed by atoms with Gasteiger partial charge >= 0.3 is 5.97 Å². The van der Waals surface area contributed by atoms with Gasteiger partial charge in [-0.2, -0.15) is 0 Å². The SMILES string of the molecule is Cc1ccccc1COC(=O)c1ccccc1SCC(=O)NCc1ccco1. The number of carbonyl (C=O) groups excluding carboxylic acids is 2. The molecule has 6 heteroatoms. The fourth-order valence-electron chi connectivity index (χ4n) is 2.55. The molecule has 1 amide bonds. The van der Waals surface area contributed by atoms with Crippen LogP contribution in [0.4, 0.5) is 0 Å². The second-order valence-electron chi connectivity index (χ2n) is 6.14. The van der Waals surface area contributed by atoms with Crippen LogP contribution in [-0.2, 0) is 22.7 Å². The summed E-state index contributed by atoms with van der Waals surface area (Å²) in [6, 6.07) is 18.5. The van der Waals surface area contributed by atoms with Crippen molar-refractivity contribution in [2.45, 2.75) is 25.0 Å². The number of carbonyl (C=O) groups is 2. The number of nitrogens with one attached hydrogen (secondary N) is 1. The molecule has 0 saturated carbocycles. The van der Waals surface area contributed by atoms with Crippen LogP contribution < -0.4 is 5.32 Å². The quantitative estimate of drug-likeness (QED) is 0.454. The van der Waals surface area contributed by atoms with Crippen molar-refractivity contribution >= 4 is 23.6 Å². The zero-order valence-corrected chi connectivity index (χ0v) is 16.3. The molecule has 0 aliphatic rings. The zero-order valence-electron chi connectivity index (χ0n) is 15.5. The molecule has 28 heavy (non-hydrogen) atoms. The number of rotatable bonds is 8. The van der Waals surface area contributed by atoms with Crippen molar-refractivity contribution in [2.24, 2.45) is 0 Å². The summed E-state index contributed by atoms with van der Waals surface area (Å²) in [7, 11) is 0. The second kappa shape index (κ2) is 9.80. The Morgan fingerprint density at radius 2 is 1.82 bits per heavy atom. The molecule has 0 radical (unpaired) electrons. The fourth-order valence-corrected chi connectivity index (χ4v) is 3.42. The zero-order chi connectivity index (χ0) is 19.8. The number of benzene rings is 2. The maximum atomic E-state index is 12.5. The maximum absolute atomic E-state index is 12.5. The van der Waals surface area contributed by atoms with E-state index in [2.05, 4.69) is 5.32 Å². The molecule has 0 spiro atoms. The smallest absolute Gasteiger partial charge is 0.339 e. The molecule has 3 aromatic rings. The average Bonchev–Trinajstić information content (AvgIpc) is 3.24. The topological polar surface area (TPSA) is 68.5 Å². The van der Waals surface area contributed by atoms with Gasteiger partial charge in [0.1, 0.15) is 12.4 Å². The Morgan fingerprint density at radius 1 is 1.04 bits per heavy atom. The molecule has 2 aromatic carbocycles. The van der Waals surface area contributed by atoms with Gasteiger partial charge in [0, 0.05) is 4.90 Å². The second-order valence-corrected chi connectivity index (χ2v) is 7.16. The van der Waals surface area contributed by atoms with Crippen LogP contribution in [0.2, 0.25) is 0 Å². The standard InChI is InChI=1S/C22H21NO4S/c1-16-7-2-3-8-17(16)14-27-22(25)19-10-4-5-11-20(19)28-15-21(24)23-13-18-9-6-12-26-18/h2-12H,13-15H2,1H3,(H,23,24). The van der Waals surface area contributed by atoms with Crippen LogP contribution in [0.15, 0.2) is 76.2 Å². The summed E-state index contributed by atoms with van der Waals surface area (Å²) in [4.78, 5) is 25.3. The largest absolute Gasteiger partial charge is 0.467 e. The van der Waals surface area contributed by atoms with E-state index in [1.165, 1.54) is 11.8 Å². The van der Waals surface area contributed by atoms with E-state index >= 15 is 0 Å². The van der Waals surface area contributed by atoms with Crippen LogP contribution in [0.1, 0.15) is 27.2 Å². The van der Waals surface area contributed by atoms with Crippen LogP contribution in [0.25, 0.3) is 0 Å². The number of hydrogen-bond donors (Lipinski definition) is 1. The molecular formula is C22H21NO4S. The van der Waals surface area contributed by atoms with E-state index in [-0.39, 0.29) is 18.3 Å². The minimum atomic E-state index is -0.401. The van der Waals surface area contributed by atoms with E-state index in [0.29, 0.717) is 22.8 Å². The van der Waals surface area contributed by atoms with Crippen molar-refractivity contribution in [3.63, 3.8) is 0 Å². The number of ether oxygens (including phenoxy) is 1. The summed E-state index contributed by atoms with van der Waals surface area (Å²) in [5.74, 6) is 0.355. The predicted molar refractivity (Wildman–Crippen MR) is 108 cm³/mol. The first-order chi connectivity index (χ1) is 13.6. The molecule has 0 aliphatic carbocycles. The Kier molecular flexibility index (Phi) is 6.92. The lowest BCUT2D eigenvalue weighted by Gasteiger charge is -2.10. The molecule has 5 nitrogen and oxygen atoms in total. The van der Waals surface area contributed by atoms with Gasteiger partial charge in [-0.1, -0.05) is 36.4 Å². The molecule has 0 atom stereocenters. The molecule has 0 unspecified atom stereocenters. The Balaban J connectivity index is 1.55. The highest BCUT2D eigenvalue weighted by Gasteiger charge is 2.14. The molecule has 3 rings (SSSR count). The van der Waals surface area contributed by atoms with Gasteiger partial charge in [-0.25, -0.2) is 4.79 Å². The fraction of sp³-hybridized carbons (Fsp3) is 0.182. The summed E-state index contributed by atoms with van der Waals surface area (Å²) in [5.41, 5.74) is 2.50. The normalized spacial score (nSPS) is 10.5. The highest BCUT2D eigenvalue weighted by Crippen LogP contribution is 2.23. The van der Waals surface area contributed by atoms with Crippen molar-refractivity contribution in [3.05, 3.63) is 89.4 Å². The lowest BCUT2D eigenvalue weighted by atomic mass is 10.1. The number of aryl methyl sites for hydroxylation is 1. The van der Waals surface area contributed by atoms with Crippen molar-refractivity contribution < 1.29 is 18.7 Å². The Morgan fingerprint density at radius 3 is 2.61 bits per heavy atom. The minimum Gasteiger partial charge on any atom is -0.467 e. The molecule has 0 saturated heterocycles. The lowest BCUT2D eigenvalue weighted by Crippen LogP contribution is -2.24.